The summed E-state index contributed by atoms with van der Waals surface area (Å²) in [6.45, 7) is -3.17. The van der Waals surface area contributed by atoms with Crippen LogP contribution in [0.3, 0.4) is 0 Å². The van der Waals surface area contributed by atoms with Crippen molar-refractivity contribution in [2.24, 2.45) is 0 Å². The highest BCUT2D eigenvalue weighted by atomic mass is 16.6. The molecule has 10 aliphatic heterocycles. The van der Waals surface area contributed by atoms with Gasteiger partial charge in [-0.25, -0.2) is 57.5 Å². The Kier molecular flexibility index (Phi) is 9.83. The maximum atomic E-state index is 16.1. The summed E-state index contributed by atoms with van der Waals surface area (Å²) in [6, 6.07) is -8.25. The van der Waals surface area contributed by atoms with E-state index in [-0.39, 0.29) is 13.2 Å². The van der Waals surface area contributed by atoms with Gasteiger partial charge in [0.25, 0.3) is 34.0 Å². The molecule has 0 bridgehead atoms. The Labute approximate surface area is 394 Å². The van der Waals surface area contributed by atoms with Crippen LogP contribution in [-0.2, 0) is 66.7 Å². The maximum absolute atomic E-state index is 16.1. The van der Waals surface area contributed by atoms with Gasteiger partial charge in [-0.2, -0.15) is 0 Å². The third kappa shape index (κ3) is 4.34. The average molecular weight is 991 g/mol. The van der Waals surface area contributed by atoms with Gasteiger partial charge in [0.15, 0.2) is 0 Å². The van der Waals surface area contributed by atoms with Gasteiger partial charge in [-0.15, -0.1) is 0 Å². The van der Waals surface area contributed by atoms with Gasteiger partial charge in [-0.05, 0) is 41.5 Å². The average Bonchev–Trinajstić information content (AvgIpc) is 3.99. The van der Waals surface area contributed by atoms with Crippen LogP contribution >= 0.6 is 0 Å². The van der Waals surface area contributed by atoms with Gasteiger partial charge < -0.3 is 37.9 Å². The number of carbonyl (C=O) groups is 12. The van der Waals surface area contributed by atoms with E-state index in [1.165, 1.54) is 41.5 Å². The summed E-state index contributed by atoms with van der Waals surface area (Å²) in [6.07, 6.45) is 0. The SMILES string of the molecule is CCOC(=O)C12N3COCN1C(=O)N1CN4C(=O)N5CN6C(=O)N7COCN8C(=O)N(CN9C(=O)N(CN(C3=O)C12C(=O)OCC)C4(C(=O)OCC)C95C(=O)OCC)C6(C(=O)OCC)C87C(=O)OCC. The van der Waals surface area contributed by atoms with Gasteiger partial charge in [0.1, 0.15) is 53.6 Å². The summed E-state index contributed by atoms with van der Waals surface area (Å²) >= 11 is 0. The van der Waals surface area contributed by atoms with E-state index in [1.54, 1.807) is 0 Å². The molecule has 0 radical (unpaired) electrons. The third-order valence-corrected chi connectivity index (χ3v) is 14.3. The zero-order chi connectivity index (χ0) is 50.4. The molecule has 0 aromatic rings. The molecule has 0 saturated carbocycles. The molecule has 0 spiro atoms. The van der Waals surface area contributed by atoms with Crippen LogP contribution in [0.25, 0.3) is 0 Å². The molecular formula is C38H46N12O20. The number of nitrogens with zero attached hydrogens (tertiary/aromatic N) is 12. The van der Waals surface area contributed by atoms with Crippen molar-refractivity contribution in [1.82, 2.24) is 58.8 Å². The van der Waals surface area contributed by atoms with Crippen LogP contribution in [0.2, 0.25) is 0 Å². The topological polar surface area (TPSA) is 318 Å². The molecule has 10 saturated heterocycles. The number of ether oxygens (including phenoxy) is 8. The number of hydrogen-bond acceptors (Lipinski definition) is 20. The summed E-state index contributed by atoms with van der Waals surface area (Å²) < 4.78 is 44.6. The van der Waals surface area contributed by atoms with Gasteiger partial charge in [-0.1, -0.05) is 0 Å². The van der Waals surface area contributed by atoms with Gasteiger partial charge in [-0.3, -0.25) is 58.8 Å². The zero-order valence-corrected chi connectivity index (χ0v) is 38.4. The molecule has 0 aromatic heterocycles. The van der Waals surface area contributed by atoms with E-state index in [9.17, 15) is 9.59 Å². The van der Waals surface area contributed by atoms with Crippen LogP contribution in [0.15, 0.2) is 0 Å². The number of amides is 12. The fourth-order valence-electron chi connectivity index (χ4n) is 12.1. The van der Waals surface area contributed by atoms with E-state index in [0.717, 1.165) is 0 Å². The third-order valence-electron chi connectivity index (χ3n) is 14.3. The minimum Gasteiger partial charge on any atom is -0.463 e. The van der Waals surface area contributed by atoms with E-state index in [0.29, 0.717) is 58.8 Å². The van der Waals surface area contributed by atoms with Crippen molar-refractivity contribution in [2.45, 2.75) is 75.5 Å². The van der Waals surface area contributed by atoms with Crippen LogP contribution in [-0.4, -0.2) is 258 Å². The Morgan fingerprint density at radius 1 is 0.314 bits per heavy atom. The Bertz CT molecular complexity index is 2230. The van der Waals surface area contributed by atoms with Crippen LogP contribution in [0.1, 0.15) is 41.5 Å². The summed E-state index contributed by atoms with van der Waals surface area (Å²) in [4.78, 5) is 190. The Morgan fingerprint density at radius 2 is 0.457 bits per heavy atom. The Morgan fingerprint density at radius 3 is 0.614 bits per heavy atom. The van der Waals surface area contributed by atoms with Crippen LogP contribution < -0.4 is 0 Å². The fraction of sp³-hybridized carbons (Fsp3) is 0.684. The van der Waals surface area contributed by atoms with Gasteiger partial charge >= 0.3 is 72.0 Å². The lowest BCUT2D eigenvalue weighted by Crippen LogP contribution is -2.83. The second-order valence-electron chi connectivity index (χ2n) is 16.7. The fourth-order valence-corrected chi connectivity index (χ4v) is 12.1. The summed E-state index contributed by atoms with van der Waals surface area (Å²) in [5, 5.41) is 0. The molecule has 0 aliphatic carbocycles. The van der Waals surface area contributed by atoms with E-state index >= 15 is 47.9 Å². The highest BCUT2D eigenvalue weighted by Gasteiger charge is 2.96. The van der Waals surface area contributed by atoms with Crippen LogP contribution in [0, 0.1) is 0 Å². The summed E-state index contributed by atoms with van der Waals surface area (Å²) in [7, 11) is 0. The number of hydrogen-bond donors (Lipinski definition) is 0. The quantitative estimate of drug-likeness (QED) is 0.137. The second kappa shape index (κ2) is 14.9. The molecule has 32 nitrogen and oxygen atoms in total. The first-order valence-corrected chi connectivity index (χ1v) is 22.2. The number of esters is 6. The van der Waals surface area contributed by atoms with Gasteiger partial charge in [0.2, 0.25) is 0 Å². The van der Waals surface area contributed by atoms with Crippen molar-refractivity contribution >= 4 is 72.0 Å². The molecule has 0 aromatic carbocycles. The van der Waals surface area contributed by atoms with Crippen molar-refractivity contribution in [1.29, 1.82) is 0 Å². The first-order valence-electron chi connectivity index (χ1n) is 22.2. The Hall–Kier alpha value is -7.64. The van der Waals surface area contributed by atoms with Crippen molar-refractivity contribution in [2.75, 3.05) is 93.2 Å². The minimum atomic E-state index is -3.31. The molecule has 0 unspecified atom stereocenters. The van der Waals surface area contributed by atoms with Gasteiger partial charge in [0, 0.05) is 0 Å². The van der Waals surface area contributed by atoms with E-state index in [4.69, 9.17) is 37.9 Å². The minimum absolute atomic E-state index is 0.367. The van der Waals surface area contributed by atoms with Gasteiger partial charge in [0.05, 0.1) is 39.6 Å². The Balaban J connectivity index is 1.30. The van der Waals surface area contributed by atoms with E-state index in [1.807, 2.05) is 0 Å². The highest BCUT2D eigenvalue weighted by Crippen LogP contribution is 2.63. The second-order valence-corrected chi connectivity index (χ2v) is 16.7. The maximum Gasteiger partial charge on any atom is 0.359 e. The lowest BCUT2D eigenvalue weighted by molar-refractivity contribution is -0.225. The van der Waals surface area contributed by atoms with Crippen molar-refractivity contribution in [3.8, 4) is 0 Å². The molecule has 10 rings (SSSR count). The molecule has 70 heavy (non-hydrogen) atoms. The molecule has 0 atom stereocenters. The van der Waals surface area contributed by atoms with Crippen molar-refractivity contribution in [3.63, 3.8) is 0 Å². The first kappa shape index (κ1) is 46.1. The molecule has 12 amide bonds. The molecular weight excluding hydrogens is 944 g/mol. The van der Waals surface area contributed by atoms with Crippen molar-refractivity contribution in [3.05, 3.63) is 0 Å². The molecule has 10 aliphatic rings. The molecule has 10 fully saturated rings. The summed E-state index contributed by atoms with van der Waals surface area (Å²) in [5.74, 6) is -8.80. The number of rotatable bonds is 12. The smallest absolute Gasteiger partial charge is 0.359 e. The molecule has 378 valence electrons. The molecule has 10 heterocycles. The van der Waals surface area contributed by atoms with Crippen LogP contribution in [0.5, 0.6) is 0 Å². The predicted molar refractivity (Wildman–Crippen MR) is 212 cm³/mol. The van der Waals surface area contributed by atoms with E-state index in [2.05, 4.69) is 0 Å². The normalized spacial score (nSPS) is 33.0. The highest BCUT2D eigenvalue weighted by molar-refractivity contribution is 6.14. The molecule has 0 N–H and O–H groups in total. The molecule has 32 heteroatoms. The lowest BCUT2D eigenvalue weighted by Gasteiger charge is -2.52. The summed E-state index contributed by atoms with van der Waals surface area (Å²) in [5.41, 5.74) is -18.4. The lowest BCUT2D eigenvalue weighted by atomic mass is 9.87. The number of carbonyl (C=O) groups excluding carboxylic acids is 12. The first-order chi connectivity index (χ1) is 33.5. The van der Waals surface area contributed by atoms with Crippen LogP contribution in [0.4, 0.5) is 28.8 Å². The van der Waals surface area contributed by atoms with E-state index < -0.39 is 186 Å². The predicted octanol–water partition coefficient (Wildman–Crippen LogP) is -3.28. The number of urea groups is 6. The standard InChI is InChI=1S/C38H46N12O20/c1-7-65-21(51)33-34(22(52)66-8-2)41-15-45-31(61)49-19-64-20-50-32(62)46(36(45,24(54)68-10-4)38(49,50)26(56)70-12-6)16-42(34)28(58)40(33)14-44-30(60)48-18-63-17-47-29(59)43(13-39(33)27(41)57)35(44,23(53)67-9-3)37(47,48)25(55)69-11-5/h7-20H2,1-6H3. The largest absolute Gasteiger partial charge is 0.463 e. The van der Waals surface area contributed by atoms with Crippen molar-refractivity contribution < 1.29 is 95.4 Å². The zero-order valence-electron chi connectivity index (χ0n) is 38.4. The monoisotopic (exact) mass is 990 g/mol.